The highest BCUT2D eigenvalue weighted by molar-refractivity contribution is 5.87. The van der Waals surface area contributed by atoms with Gasteiger partial charge in [-0.05, 0) is 25.5 Å². The highest BCUT2D eigenvalue weighted by atomic mass is 16.6. The van der Waals surface area contributed by atoms with E-state index in [0.29, 0.717) is 11.3 Å². The maximum atomic E-state index is 11.2. The van der Waals surface area contributed by atoms with E-state index >= 15 is 0 Å². The van der Waals surface area contributed by atoms with Gasteiger partial charge < -0.3 is 9.47 Å². The van der Waals surface area contributed by atoms with Crippen LogP contribution in [0.5, 0.6) is 0 Å². The second-order valence-corrected chi connectivity index (χ2v) is 3.10. The summed E-state index contributed by atoms with van der Waals surface area (Å²) in [6, 6.07) is 0. The van der Waals surface area contributed by atoms with Gasteiger partial charge in [0.15, 0.2) is 6.10 Å². The molecule has 0 aliphatic carbocycles. The molecule has 1 unspecified atom stereocenters. The molecule has 0 aromatic carbocycles. The maximum absolute atomic E-state index is 11.2. The summed E-state index contributed by atoms with van der Waals surface area (Å²) in [5.74, 6) is 0.136. The number of allylic oxidation sites excluding steroid dienone is 2. The highest BCUT2D eigenvalue weighted by Gasteiger charge is 2.19. The number of ether oxygens (including phenoxy) is 2. The Labute approximate surface area is 83.7 Å². The summed E-state index contributed by atoms with van der Waals surface area (Å²) in [6.45, 7) is 7.09. The Kier molecular flexibility index (Phi) is 3.51. The van der Waals surface area contributed by atoms with Gasteiger partial charge in [-0.15, -0.1) is 0 Å². The van der Waals surface area contributed by atoms with Crippen molar-refractivity contribution in [2.24, 2.45) is 0 Å². The monoisotopic (exact) mass is 194 g/mol. The third-order valence-corrected chi connectivity index (χ3v) is 1.83. The topological polar surface area (TPSA) is 35.5 Å². The van der Waals surface area contributed by atoms with Crippen LogP contribution in [0.1, 0.15) is 20.3 Å². The van der Waals surface area contributed by atoms with Crippen molar-refractivity contribution < 1.29 is 14.3 Å². The zero-order valence-electron chi connectivity index (χ0n) is 8.45. The zero-order chi connectivity index (χ0) is 10.6. The van der Waals surface area contributed by atoms with Gasteiger partial charge in [0.2, 0.25) is 0 Å². The van der Waals surface area contributed by atoms with E-state index in [4.69, 9.17) is 9.47 Å². The van der Waals surface area contributed by atoms with Gasteiger partial charge in [-0.2, -0.15) is 0 Å². The molecule has 1 rings (SSSR count). The van der Waals surface area contributed by atoms with Crippen molar-refractivity contribution in [2.45, 2.75) is 26.4 Å². The van der Waals surface area contributed by atoms with Gasteiger partial charge in [-0.3, -0.25) is 0 Å². The van der Waals surface area contributed by atoms with E-state index < -0.39 is 5.97 Å². The number of hydrogen-bond donors (Lipinski definition) is 0. The minimum atomic E-state index is -0.409. The second kappa shape index (κ2) is 4.65. The average Bonchev–Trinajstić information content (AvgIpc) is 2.18. The predicted molar refractivity (Wildman–Crippen MR) is 53.3 cm³/mol. The molecule has 0 radical (unpaired) electrons. The van der Waals surface area contributed by atoms with E-state index in [0.717, 1.165) is 6.42 Å². The molecule has 0 fully saturated rings. The Morgan fingerprint density at radius 1 is 1.71 bits per heavy atom. The molecule has 1 atom stereocenters. The van der Waals surface area contributed by atoms with E-state index in [-0.39, 0.29) is 6.10 Å². The summed E-state index contributed by atoms with van der Waals surface area (Å²) in [6.07, 6.45) is 5.63. The van der Waals surface area contributed by atoms with E-state index in [9.17, 15) is 4.79 Å². The molecule has 0 saturated heterocycles. The molecule has 0 aromatic rings. The van der Waals surface area contributed by atoms with Gasteiger partial charge in [-0.25, -0.2) is 4.79 Å². The molecule has 0 saturated carbocycles. The molecule has 3 heteroatoms. The molecule has 14 heavy (non-hydrogen) atoms. The van der Waals surface area contributed by atoms with Crippen LogP contribution in [0.3, 0.4) is 0 Å². The number of rotatable bonds is 3. The van der Waals surface area contributed by atoms with E-state index in [1.54, 1.807) is 25.3 Å². The maximum Gasteiger partial charge on any atom is 0.338 e. The predicted octanol–water partition coefficient (Wildman–Crippen LogP) is 2.31. The van der Waals surface area contributed by atoms with Crippen LogP contribution in [0.4, 0.5) is 0 Å². The lowest BCUT2D eigenvalue weighted by molar-refractivity contribution is -0.136. The summed E-state index contributed by atoms with van der Waals surface area (Å²) in [5.41, 5.74) is 0.385. The van der Waals surface area contributed by atoms with Crippen molar-refractivity contribution in [3.05, 3.63) is 36.3 Å². The number of esters is 1. The number of carbonyl (C=O) groups is 1. The van der Waals surface area contributed by atoms with Gasteiger partial charge in [0.05, 0.1) is 6.26 Å². The standard InChI is InChI=1S/C11H14O3/c1-4-9-10(6-5-7-13-9)14-11(12)8(2)3/h5-7,9H,2,4H2,1,3H3. The minimum absolute atomic E-state index is 0.164. The minimum Gasteiger partial charge on any atom is -0.490 e. The molecule has 1 aliphatic rings. The van der Waals surface area contributed by atoms with Gasteiger partial charge in [0.25, 0.3) is 0 Å². The zero-order valence-corrected chi connectivity index (χ0v) is 8.45. The largest absolute Gasteiger partial charge is 0.490 e. The first kappa shape index (κ1) is 10.6. The molecule has 0 amide bonds. The molecular weight excluding hydrogens is 180 g/mol. The SMILES string of the molecule is C=C(C)C(=O)OC1=CC=COC1CC. The van der Waals surface area contributed by atoms with Gasteiger partial charge >= 0.3 is 5.97 Å². The van der Waals surface area contributed by atoms with Crippen LogP contribution in [0.15, 0.2) is 36.3 Å². The Hall–Kier alpha value is -1.51. The molecule has 3 nitrogen and oxygen atoms in total. The third-order valence-electron chi connectivity index (χ3n) is 1.83. The van der Waals surface area contributed by atoms with Crippen LogP contribution in [0.25, 0.3) is 0 Å². The third kappa shape index (κ3) is 2.49. The lowest BCUT2D eigenvalue weighted by atomic mass is 10.2. The van der Waals surface area contributed by atoms with Crippen molar-refractivity contribution in [3.8, 4) is 0 Å². The quantitative estimate of drug-likeness (QED) is 0.511. The summed E-state index contributed by atoms with van der Waals surface area (Å²) in [4.78, 5) is 11.2. The van der Waals surface area contributed by atoms with Crippen LogP contribution in [0.2, 0.25) is 0 Å². The smallest absolute Gasteiger partial charge is 0.338 e. The Morgan fingerprint density at radius 3 is 3.00 bits per heavy atom. The molecule has 0 bridgehead atoms. The molecule has 0 N–H and O–H groups in total. The Morgan fingerprint density at radius 2 is 2.43 bits per heavy atom. The van der Waals surface area contributed by atoms with Gasteiger partial charge in [0, 0.05) is 5.57 Å². The van der Waals surface area contributed by atoms with Crippen molar-refractivity contribution in [1.82, 2.24) is 0 Å². The normalized spacial score (nSPS) is 19.6. The van der Waals surface area contributed by atoms with Crippen LogP contribution >= 0.6 is 0 Å². The van der Waals surface area contributed by atoms with Crippen LogP contribution in [0, 0.1) is 0 Å². The van der Waals surface area contributed by atoms with Crippen molar-refractivity contribution in [1.29, 1.82) is 0 Å². The van der Waals surface area contributed by atoms with Crippen molar-refractivity contribution >= 4 is 5.97 Å². The van der Waals surface area contributed by atoms with E-state index in [1.807, 2.05) is 6.92 Å². The Bertz CT molecular complexity index is 300. The second-order valence-electron chi connectivity index (χ2n) is 3.10. The molecule has 76 valence electrons. The lowest BCUT2D eigenvalue weighted by Gasteiger charge is -2.20. The molecule has 0 spiro atoms. The molecular formula is C11H14O3. The summed E-state index contributed by atoms with van der Waals surface area (Å²) >= 11 is 0. The fourth-order valence-corrected chi connectivity index (χ4v) is 1.04. The van der Waals surface area contributed by atoms with Crippen molar-refractivity contribution in [2.75, 3.05) is 0 Å². The summed E-state index contributed by atoms with van der Waals surface area (Å²) < 4.78 is 10.4. The average molecular weight is 194 g/mol. The fourth-order valence-electron chi connectivity index (χ4n) is 1.04. The van der Waals surface area contributed by atoms with Gasteiger partial charge in [0.1, 0.15) is 5.76 Å². The van der Waals surface area contributed by atoms with Crippen LogP contribution in [-0.2, 0) is 14.3 Å². The molecule has 0 aromatic heterocycles. The van der Waals surface area contributed by atoms with Crippen LogP contribution < -0.4 is 0 Å². The number of hydrogen-bond acceptors (Lipinski definition) is 3. The summed E-state index contributed by atoms with van der Waals surface area (Å²) in [5, 5.41) is 0. The first-order chi connectivity index (χ1) is 6.65. The molecule has 1 aliphatic heterocycles. The van der Waals surface area contributed by atoms with Gasteiger partial charge in [-0.1, -0.05) is 13.5 Å². The first-order valence-electron chi connectivity index (χ1n) is 4.55. The fraction of sp³-hybridized carbons (Fsp3) is 0.364. The lowest BCUT2D eigenvalue weighted by Crippen LogP contribution is -2.19. The van der Waals surface area contributed by atoms with E-state index in [1.165, 1.54) is 0 Å². The Balaban J connectivity index is 2.66. The van der Waals surface area contributed by atoms with Crippen LogP contribution in [-0.4, -0.2) is 12.1 Å². The molecule has 1 heterocycles. The first-order valence-corrected chi connectivity index (χ1v) is 4.55. The number of carbonyl (C=O) groups excluding carboxylic acids is 1. The summed E-state index contributed by atoms with van der Waals surface area (Å²) in [7, 11) is 0. The highest BCUT2D eigenvalue weighted by Crippen LogP contribution is 2.17. The van der Waals surface area contributed by atoms with Crippen molar-refractivity contribution in [3.63, 3.8) is 0 Å². The van der Waals surface area contributed by atoms with E-state index in [2.05, 4.69) is 6.58 Å².